The summed E-state index contributed by atoms with van der Waals surface area (Å²) in [6.07, 6.45) is 5.10. The van der Waals surface area contributed by atoms with Gasteiger partial charge in [0.05, 0.1) is 19.3 Å². The van der Waals surface area contributed by atoms with Gasteiger partial charge >= 0.3 is 0 Å². The number of nitrogens with zero attached hydrogens (tertiary/aromatic N) is 2. The van der Waals surface area contributed by atoms with Crippen LogP contribution in [0.3, 0.4) is 0 Å². The Kier molecular flexibility index (Phi) is 6.77. The first kappa shape index (κ1) is 22.8. The van der Waals surface area contributed by atoms with Crippen LogP contribution in [0.5, 0.6) is 11.5 Å². The molecule has 0 spiro atoms. The number of hydrogen-bond donors (Lipinski definition) is 2. The van der Waals surface area contributed by atoms with E-state index in [-0.39, 0.29) is 24.0 Å². The van der Waals surface area contributed by atoms with E-state index in [9.17, 15) is 9.18 Å². The maximum absolute atomic E-state index is 13.4. The Hall–Kier alpha value is -4.33. The Bertz CT molecular complexity index is 1260. The first-order chi connectivity index (χ1) is 16.5. The lowest BCUT2D eigenvalue weighted by molar-refractivity contribution is -0.117. The van der Waals surface area contributed by atoms with Gasteiger partial charge in [0.25, 0.3) is 5.91 Å². The molecule has 2 N–H and O–H groups in total. The van der Waals surface area contributed by atoms with E-state index in [4.69, 9.17) is 9.47 Å². The highest BCUT2D eigenvalue weighted by Crippen LogP contribution is 2.35. The average Bonchev–Trinajstić information content (AvgIpc) is 2.86. The summed E-state index contributed by atoms with van der Waals surface area (Å²) in [5, 5.41) is 6.24. The van der Waals surface area contributed by atoms with E-state index in [2.05, 4.69) is 15.6 Å². The minimum atomic E-state index is -0.343. The SMILES string of the molecule is CN/C(C)=C\Nc1ccc(/C=C2\Oc3cccnc3N(Cc3ccc(F)cc3)C2=O)cc1OC. The van der Waals surface area contributed by atoms with E-state index in [1.54, 1.807) is 43.6 Å². The summed E-state index contributed by atoms with van der Waals surface area (Å²) in [4.78, 5) is 19.2. The number of allylic oxidation sites excluding steroid dienone is 1. The Labute approximate surface area is 197 Å². The molecular formula is C26H25FN4O3. The number of pyridine rings is 1. The number of ether oxygens (including phenoxy) is 2. The van der Waals surface area contributed by atoms with Gasteiger partial charge in [-0.05, 0) is 60.5 Å². The molecule has 2 aromatic carbocycles. The summed E-state index contributed by atoms with van der Waals surface area (Å²) in [6.45, 7) is 2.17. The van der Waals surface area contributed by atoms with Crippen LogP contribution in [0.4, 0.5) is 15.9 Å². The molecule has 4 rings (SSSR count). The fraction of sp³-hybridized carbons (Fsp3) is 0.154. The van der Waals surface area contributed by atoms with Crippen LogP contribution in [-0.4, -0.2) is 25.0 Å². The van der Waals surface area contributed by atoms with Crippen LogP contribution in [0.2, 0.25) is 0 Å². The van der Waals surface area contributed by atoms with Gasteiger partial charge in [-0.3, -0.25) is 9.69 Å². The number of aromatic nitrogens is 1. The van der Waals surface area contributed by atoms with Crippen LogP contribution in [0.1, 0.15) is 18.1 Å². The number of hydrogen-bond acceptors (Lipinski definition) is 6. The lowest BCUT2D eigenvalue weighted by Crippen LogP contribution is -2.37. The quantitative estimate of drug-likeness (QED) is 0.499. The van der Waals surface area contributed by atoms with Crippen LogP contribution in [0.15, 0.2) is 78.5 Å². The number of rotatable bonds is 7. The van der Waals surface area contributed by atoms with Crippen molar-refractivity contribution in [1.82, 2.24) is 10.3 Å². The molecule has 0 radical (unpaired) electrons. The minimum absolute atomic E-state index is 0.149. The fourth-order valence-electron chi connectivity index (χ4n) is 3.39. The Morgan fingerprint density at radius 3 is 2.74 bits per heavy atom. The van der Waals surface area contributed by atoms with Crippen LogP contribution in [0, 0.1) is 5.82 Å². The Balaban J connectivity index is 1.65. The van der Waals surface area contributed by atoms with Gasteiger partial charge in [0.15, 0.2) is 17.3 Å². The van der Waals surface area contributed by atoms with Crippen molar-refractivity contribution in [3.05, 3.63) is 95.4 Å². The molecule has 0 saturated carbocycles. The maximum Gasteiger partial charge on any atom is 0.295 e. The molecule has 3 aromatic rings. The summed E-state index contributed by atoms with van der Waals surface area (Å²) >= 11 is 0. The van der Waals surface area contributed by atoms with Gasteiger partial charge in [-0.2, -0.15) is 0 Å². The molecular weight excluding hydrogens is 435 g/mol. The molecule has 0 fully saturated rings. The second-order valence-electron chi connectivity index (χ2n) is 7.63. The van der Waals surface area contributed by atoms with Gasteiger partial charge in [-0.25, -0.2) is 9.37 Å². The van der Waals surface area contributed by atoms with Crippen molar-refractivity contribution in [2.24, 2.45) is 0 Å². The lowest BCUT2D eigenvalue weighted by Gasteiger charge is -2.29. The summed E-state index contributed by atoms with van der Waals surface area (Å²) < 4.78 is 24.8. The second kappa shape index (κ2) is 10.1. The zero-order valence-corrected chi connectivity index (χ0v) is 19.1. The normalized spacial score (nSPS) is 14.5. The van der Waals surface area contributed by atoms with Gasteiger partial charge in [0, 0.05) is 25.1 Å². The Morgan fingerprint density at radius 1 is 1.21 bits per heavy atom. The third-order valence-corrected chi connectivity index (χ3v) is 5.30. The number of nitrogens with one attached hydrogen (secondary N) is 2. The van der Waals surface area contributed by atoms with Gasteiger partial charge in [-0.15, -0.1) is 0 Å². The third-order valence-electron chi connectivity index (χ3n) is 5.30. The van der Waals surface area contributed by atoms with Crippen molar-refractivity contribution in [3.63, 3.8) is 0 Å². The van der Waals surface area contributed by atoms with Gasteiger partial charge in [0.1, 0.15) is 11.6 Å². The highest BCUT2D eigenvalue weighted by atomic mass is 19.1. The molecule has 2 heterocycles. The van der Waals surface area contributed by atoms with Gasteiger partial charge in [0.2, 0.25) is 0 Å². The molecule has 7 nitrogen and oxygen atoms in total. The summed E-state index contributed by atoms with van der Waals surface area (Å²) in [6, 6.07) is 15.1. The molecule has 8 heteroatoms. The highest BCUT2D eigenvalue weighted by Gasteiger charge is 2.31. The van der Waals surface area contributed by atoms with E-state index in [0.29, 0.717) is 17.3 Å². The standard InChI is InChI=1S/C26H25FN4O3/c1-17(28-2)15-30-21-11-8-19(13-23(21)33-3)14-24-26(32)31(16-18-6-9-20(27)10-7-18)25-22(34-24)5-4-12-29-25/h4-15,28,30H,16H2,1-3H3/b17-15-,24-14-. The molecule has 1 amide bonds. The van der Waals surface area contributed by atoms with Crippen LogP contribution in [0.25, 0.3) is 6.08 Å². The number of benzene rings is 2. The molecule has 1 aliphatic heterocycles. The summed E-state index contributed by atoms with van der Waals surface area (Å²) in [7, 11) is 3.43. The molecule has 1 aliphatic rings. The molecule has 34 heavy (non-hydrogen) atoms. The highest BCUT2D eigenvalue weighted by molar-refractivity contribution is 6.09. The number of carbonyl (C=O) groups is 1. The maximum atomic E-state index is 13.4. The van der Waals surface area contributed by atoms with Crippen LogP contribution in [-0.2, 0) is 11.3 Å². The first-order valence-electron chi connectivity index (χ1n) is 10.7. The van der Waals surface area contributed by atoms with E-state index >= 15 is 0 Å². The van der Waals surface area contributed by atoms with E-state index in [1.165, 1.54) is 17.0 Å². The first-order valence-corrected chi connectivity index (χ1v) is 10.7. The third kappa shape index (κ3) is 5.01. The number of halogens is 1. The van der Waals surface area contributed by atoms with Crippen molar-refractivity contribution in [2.45, 2.75) is 13.5 Å². The number of methoxy groups -OCH3 is 1. The van der Waals surface area contributed by atoms with Crippen molar-refractivity contribution in [2.75, 3.05) is 24.4 Å². The number of fused-ring (bicyclic) bond motifs is 1. The number of carbonyl (C=O) groups excluding carboxylic acids is 1. The smallest absolute Gasteiger partial charge is 0.295 e. The van der Waals surface area contributed by atoms with Crippen LogP contribution < -0.4 is 25.0 Å². The zero-order chi connectivity index (χ0) is 24.1. The van der Waals surface area contributed by atoms with Gasteiger partial charge in [-0.1, -0.05) is 18.2 Å². The molecule has 174 valence electrons. The largest absolute Gasteiger partial charge is 0.495 e. The van der Waals surface area contributed by atoms with E-state index in [0.717, 1.165) is 22.5 Å². The van der Waals surface area contributed by atoms with Crippen molar-refractivity contribution < 1.29 is 18.7 Å². The summed E-state index contributed by atoms with van der Waals surface area (Å²) in [5.74, 6) is 0.967. The van der Waals surface area contributed by atoms with Crippen molar-refractivity contribution >= 4 is 23.5 Å². The minimum Gasteiger partial charge on any atom is -0.495 e. The van der Waals surface area contributed by atoms with Crippen molar-refractivity contribution in [1.29, 1.82) is 0 Å². The predicted molar refractivity (Wildman–Crippen MR) is 130 cm³/mol. The predicted octanol–water partition coefficient (Wildman–Crippen LogP) is 4.69. The van der Waals surface area contributed by atoms with E-state index in [1.807, 2.05) is 38.4 Å². The summed E-state index contributed by atoms with van der Waals surface area (Å²) in [5.41, 5.74) is 3.24. The van der Waals surface area contributed by atoms with Gasteiger partial charge < -0.3 is 20.1 Å². The molecule has 0 aliphatic carbocycles. The second-order valence-corrected chi connectivity index (χ2v) is 7.63. The molecule has 0 bridgehead atoms. The zero-order valence-electron chi connectivity index (χ0n) is 19.1. The molecule has 0 saturated heterocycles. The average molecular weight is 461 g/mol. The monoisotopic (exact) mass is 460 g/mol. The van der Waals surface area contributed by atoms with Crippen LogP contribution >= 0.6 is 0 Å². The molecule has 0 unspecified atom stereocenters. The van der Waals surface area contributed by atoms with Crippen molar-refractivity contribution in [3.8, 4) is 11.5 Å². The molecule has 1 aromatic heterocycles. The Morgan fingerprint density at radius 2 is 2.00 bits per heavy atom. The number of anilines is 2. The topological polar surface area (TPSA) is 75.7 Å². The fourth-order valence-corrected chi connectivity index (χ4v) is 3.39. The van der Waals surface area contributed by atoms with E-state index < -0.39 is 0 Å². The molecule has 0 atom stereocenters. The lowest BCUT2D eigenvalue weighted by atomic mass is 10.1. The number of amides is 1.